The summed E-state index contributed by atoms with van der Waals surface area (Å²) in [5.74, 6) is -0.158. The average molecular weight is 622 g/mol. The first-order valence-electron chi connectivity index (χ1n) is 15.0. The predicted octanol–water partition coefficient (Wildman–Crippen LogP) is 4.29. The molecule has 3 N–H and O–H groups in total. The molecule has 7 rings (SSSR count). The van der Waals surface area contributed by atoms with E-state index in [1.807, 2.05) is 55.5 Å². The van der Waals surface area contributed by atoms with Crippen LogP contribution >= 0.6 is 0 Å². The topological polar surface area (TPSA) is 134 Å². The van der Waals surface area contributed by atoms with Crippen LogP contribution in [0.4, 0.5) is 10.2 Å². The van der Waals surface area contributed by atoms with Crippen LogP contribution in [0.15, 0.2) is 77.9 Å². The summed E-state index contributed by atoms with van der Waals surface area (Å²) in [6.07, 6.45) is 1.33. The molecule has 1 aliphatic heterocycles. The van der Waals surface area contributed by atoms with E-state index < -0.39 is 5.82 Å². The van der Waals surface area contributed by atoms with Crippen molar-refractivity contribution in [2.75, 3.05) is 45.2 Å². The van der Waals surface area contributed by atoms with Crippen molar-refractivity contribution < 1.29 is 19.0 Å². The Labute approximate surface area is 263 Å². The number of para-hydroxylation sites is 2. The number of hydrogen-bond donors (Lipinski definition) is 2. The minimum absolute atomic E-state index is 0.107. The molecule has 234 valence electrons. The highest BCUT2D eigenvalue weighted by Crippen LogP contribution is 2.33. The molecule has 1 saturated heterocycles. The van der Waals surface area contributed by atoms with Gasteiger partial charge in [-0.1, -0.05) is 30.3 Å². The third-order valence-electron chi connectivity index (χ3n) is 8.23. The number of benzene rings is 3. The number of phenolic OH excluding ortho intramolecular Hbond substituents is 1. The lowest BCUT2D eigenvalue weighted by atomic mass is 10.1. The van der Waals surface area contributed by atoms with Crippen LogP contribution in [0.25, 0.3) is 38.8 Å². The number of pyridine rings is 1. The maximum absolute atomic E-state index is 14.4. The van der Waals surface area contributed by atoms with E-state index in [0.717, 1.165) is 36.7 Å². The number of hydrogen-bond acceptors (Lipinski definition) is 9. The van der Waals surface area contributed by atoms with Gasteiger partial charge in [-0.3, -0.25) is 14.3 Å². The first kappa shape index (κ1) is 29.4. The second-order valence-electron chi connectivity index (χ2n) is 11.2. The van der Waals surface area contributed by atoms with Crippen LogP contribution in [0.3, 0.4) is 0 Å². The molecular weight excluding hydrogens is 589 g/mol. The fraction of sp³-hybridized carbons (Fsp3) is 0.235. The number of ether oxygens (including phenoxy) is 2. The number of nitrogen functional groups attached to an aromatic ring is 1. The number of aromatic hydroxyl groups is 1. The molecule has 1 fully saturated rings. The molecule has 0 spiro atoms. The fourth-order valence-electron chi connectivity index (χ4n) is 6.05. The molecule has 1 aliphatic rings. The van der Waals surface area contributed by atoms with Crippen LogP contribution in [0.5, 0.6) is 11.5 Å². The molecule has 12 heteroatoms. The molecule has 46 heavy (non-hydrogen) atoms. The van der Waals surface area contributed by atoms with Crippen molar-refractivity contribution in [3.05, 3.63) is 100 Å². The molecule has 0 aliphatic carbocycles. The molecule has 6 aromatic rings. The van der Waals surface area contributed by atoms with Crippen molar-refractivity contribution in [3.8, 4) is 28.4 Å². The van der Waals surface area contributed by atoms with E-state index in [1.54, 1.807) is 9.25 Å². The fourth-order valence-corrected chi connectivity index (χ4v) is 6.05. The first-order chi connectivity index (χ1) is 22.4. The summed E-state index contributed by atoms with van der Waals surface area (Å²) in [5.41, 5.74) is 9.16. The molecule has 3 aromatic carbocycles. The molecule has 0 saturated carbocycles. The molecule has 0 unspecified atom stereocenters. The summed E-state index contributed by atoms with van der Waals surface area (Å²) in [6.45, 7) is 6.30. The Balaban J connectivity index is 1.36. The number of phenols is 1. The molecule has 0 bridgehead atoms. The minimum atomic E-state index is -0.628. The number of fused-ring (bicyclic) bond motifs is 2. The van der Waals surface area contributed by atoms with E-state index in [9.17, 15) is 14.3 Å². The average Bonchev–Trinajstić information content (AvgIpc) is 3.41. The van der Waals surface area contributed by atoms with Crippen molar-refractivity contribution in [2.24, 2.45) is 0 Å². The number of rotatable bonds is 8. The SMILES string of the molecule is Cc1cccc2cc(Cn3nc(-c4cc(O)cc(F)c4)c4c(N)ncnc43)n(-c3ccccc3OCCN3CCOCC3)c(=O)c12. The highest BCUT2D eigenvalue weighted by molar-refractivity contribution is 5.98. The number of nitrogens with two attached hydrogens (primary N) is 1. The van der Waals surface area contributed by atoms with Gasteiger partial charge in [0.1, 0.15) is 41.8 Å². The van der Waals surface area contributed by atoms with Gasteiger partial charge in [-0.05, 0) is 48.2 Å². The summed E-state index contributed by atoms with van der Waals surface area (Å²) >= 11 is 0. The quantitative estimate of drug-likeness (QED) is 0.255. The van der Waals surface area contributed by atoms with Gasteiger partial charge >= 0.3 is 0 Å². The highest BCUT2D eigenvalue weighted by atomic mass is 19.1. The Bertz CT molecular complexity index is 2120. The molecular formula is C34H32FN7O4. The van der Waals surface area contributed by atoms with Gasteiger partial charge in [0.2, 0.25) is 0 Å². The smallest absolute Gasteiger partial charge is 0.263 e. The number of aromatic nitrogens is 5. The number of anilines is 1. The number of aryl methyl sites for hydroxylation is 1. The van der Waals surface area contributed by atoms with Gasteiger partial charge in [0, 0.05) is 37.0 Å². The van der Waals surface area contributed by atoms with Gasteiger partial charge in [0.25, 0.3) is 5.56 Å². The lowest BCUT2D eigenvalue weighted by Gasteiger charge is -2.26. The van der Waals surface area contributed by atoms with Crippen LogP contribution in [-0.4, -0.2) is 73.8 Å². The van der Waals surface area contributed by atoms with Crippen molar-refractivity contribution in [1.29, 1.82) is 0 Å². The third kappa shape index (κ3) is 5.52. The lowest BCUT2D eigenvalue weighted by Crippen LogP contribution is -2.38. The maximum Gasteiger partial charge on any atom is 0.263 e. The van der Waals surface area contributed by atoms with E-state index in [2.05, 4.69) is 14.9 Å². The Kier molecular flexibility index (Phi) is 7.81. The largest absolute Gasteiger partial charge is 0.508 e. The second kappa shape index (κ2) is 12.2. The Hall–Kier alpha value is -5.33. The predicted molar refractivity (Wildman–Crippen MR) is 173 cm³/mol. The Morgan fingerprint density at radius 3 is 2.67 bits per heavy atom. The Morgan fingerprint density at radius 1 is 1.02 bits per heavy atom. The standard InChI is InChI=1S/C34H32FN7O4/c1-21-5-4-6-22-16-25(19-41-33-30(32(36)37-20-38-33)31(39-41)23-15-24(35)18-26(43)17-23)42(34(44)29(21)22)27-7-2-3-8-28(27)46-14-11-40-9-12-45-13-10-40/h2-8,15-18,20,43H,9-14,19H2,1H3,(H2,36,37,38). The van der Waals surface area contributed by atoms with Gasteiger partial charge in [-0.25, -0.2) is 19.0 Å². The van der Waals surface area contributed by atoms with E-state index in [0.29, 0.717) is 64.6 Å². The molecule has 3 aromatic heterocycles. The molecule has 0 radical (unpaired) electrons. The van der Waals surface area contributed by atoms with E-state index >= 15 is 0 Å². The summed E-state index contributed by atoms with van der Waals surface area (Å²) in [6, 6.07) is 18.8. The van der Waals surface area contributed by atoms with Gasteiger partial charge < -0.3 is 20.3 Å². The van der Waals surface area contributed by atoms with Crippen LogP contribution in [0.1, 0.15) is 11.3 Å². The van der Waals surface area contributed by atoms with Gasteiger partial charge in [0.05, 0.1) is 36.2 Å². The zero-order chi connectivity index (χ0) is 31.8. The van der Waals surface area contributed by atoms with E-state index in [4.69, 9.17) is 20.3 Å². The molecule has 4 heterocycles. The van der Waals surface area contributed by atoms with Crippen LogP contribution in [-0.2, 0) is 11.3 Å². The Morgan fingerprint density at radius 2 is 1.85 bits per heavy atom. The van der Waals surface area contributed by atoms with Crippen molar-refractivity contribution in [2.45, 2.75) is 13.5 Å². The van der Waals surface area contributed by atoms with Gasteiger partial charge in [-0.15, -0.1) is 0 Å². The van der Waals surface area contributed by atoms with E-state index in [1.165, 1.54) is 18.5 Å². The van der Waals surface area contributed by atoms with Gasteiger partial charge in [-0.2, -0.15) is 5.10 Å². The lowest BCUT2D eigenvalue weighted by molar-refractivity contribution is 0.0322. The van der Waals surface area contributed by atoms with Gasteiger partial charge in [0.15, 0.2) is 5.65 Å². The van der Waals surface area contributed by atoms with E-state index in [-0.39, 0.29) is 23.7 Å². The zero-order valence-corrected chi connectivity index (χ0v) is 25.2. The van der Waals surface area contributed by atoms with Crippen LogP contribution in [0, 0.1) is 12.7 Å². The zero-order valence-electron chi connectivity index (χ0n) is 25.2. The van der Waals surface area contributed by atoms with Crippen molar-refractivity contribution >= 4 is 27.6 Å². The number of morpholine rings is 1. The first-order valence-corrected chi connectivity index (χ1v) is 15.0. The van der Waals surface area contributed by atoms with Crippen LogP contribution < -0.4 is 16.0 Å². The maximum atomic E-state index is 14.4. The molecule has 11 nitrogen and oxygen atoms in total. The molecule has 0 amide bonds. The van der Waals surface area contributed by atoms with Crippen LogP contribution in [0.2, 0.25) is 0 Å². The molecule has 0 atom stereocenters. The summed E-state index contributed by atoms with van der Waals surface area (Å²) in [7, 11) is 0. The summed E-state index contributed by atoms with van der Waals surface area (Å²) in [4.78, 5) is 25.3. The number of nitrogens with zero attached hydrogens (tertiary/aromatic N) is 6. The number of halogens is 1. The monoisotopic (exact) mass is 621 g/mol. The second-order valence-corrected chi connectivity index (χ2v) is 11.2. The van der Waals surface area contributed by atoms with Crippen molar-refractivity contribution in [3.63, 3.8) is 0 Å². The van der Waals surface area contributed by atoms with Crippen molar-refractivity contribution in [1.82, 2.24) is 29.2 Å². The summed E-state index contributed by atoms with van der Waals surface area (Å²) < 4.78 is 29.4. The minimum Gasteiger partial charge on any atom is -0.508 e. The highest BCUT2D eigenvalue weighted by Gasteiger charge is 2.22. The normalized spacial score (nSPS) is 13.9. The third-order valence-corrected chi connectivity index (χ3v) is 8.23. The summed E-state index contributed by atoms with van der Waals surface area (Å²) in [5, 5.41) is 16.7.